The van der Waals surface area contributed by atoms with E-state index in [0.717, 1.165) is 17.4 Å². The first-order valence-corrected chi connectivity index (χ1v) is 17.7. The molecule has 1 N–H and O–H groups in total. The summed E-state index contributed by atoms with van der Waals surface area (Å²) in [5.41, 5.74) is -0.930. The highest BCUT2D eigenvalue weighted by molar-refractivity contribution is 6.18. The summed E-state index contributed by atoms with van der Waals surface area (Å²) < 4.78 is 95.8. The molecule has 3 aromatic carbocycles. The summed E-state index contributed by atoms with van der Waals surface area (Å²) in [7, 11) is 1.62. The lowest BCUT2D eigenvalue weighted by atomic mass is 9.91. The Balaban J connectivity index is 1.27. The van der Waals surface area contributed by atoms with Crippen LogP contribution in [0.1, 0.15) is 37.7 Å². The second-order valence-corrected chi connectivity index (χ2v) is 14.8. The van der Waals surface area contributed by atoms with Crippen LogP contribution in [0.2, 0.25) is 0 Å². The zero-order chi connectivity index (χ0) is 37.8. The third kappa shape index (κ3) is 5.22. The molecule has 2 bridgehead atoms. The van der Waals surface area contributed by atoms with E-state index in [2.05, 4.69) is 16.0 Å². The number of ether oxygens (including phenoxy) is 1. The fraction of sp³-hybridized carbons (Fsp3) is 0.421. The Labute approximate surface area is 304 Å². The monoisotopic (exact) mass is 749 g/mol. The van der Waals surface area contributed by atoms with Crippen molar-refractivity contribution in [3.05, 3.63) is 47.7 Å². The minimum Gasteiger partial charge on any atom is -0.508 e. The number of aryl methyl sites for hydroxylation is 1. The van der Waals surface area contributed by atoms with Crippen molar-refractivity contribution in [3.8, 4) is 35.2 Å². The summed E-state index contributed by atoms with van der Waals surface area (Å²) in [4.78, 5) is 26.4. The molecule has 4 atom stereocenters. The molecule has 4 saturated heterocycles. The summed E-state index contributed by atoms with van der Waals surface area (Å²) in [5.74, 6) is -1.26. The van der Waals surface area contributed by atoms with Crippen molar-refractivity contribution >= 4 is 44.3 Å². The van der Waals surface area contributed by atoms with E-state index in [1.165, 1.54) is 22.9 Å². The van der Waals surface area contributed by atoms with Gasteiger partial charge in [0.05, 0.1) is 16.5 Å². The molecule has 0 saturated carbocycles. The van der Waals surface area contributed by atoms with Crippen LogP contribution < -0.4 is 9.64 Å². The molecule has 10 nitrogen and oxygen atoms in total. The van der Waals surface area contributed by atoms with Crippen molar-refractivity contribution in [3.63, 3.8) is 0 Å². The molecule has 4 aliphatic rings. The minimum absolute atomic E-state index is 0.0186. The summed E-state index contributed by atoms with van der Waals surface area (Å²) in [6.45, 7) is 0.516. The highest BCUT2D eigenvalue weighted by Crippen LogP contribution is 2.47. The summed E-state index contributed by atoms with van der Waals surface area (Å²) in [6, 6.07) is 3.82. The van der Waals surface area contributed by atoms with Crippen molar-refractivity contribution in [1.82, 2.24) is 29.5 Å². The number of phenolic OH excluding ortho intramolecular Hbond substituents is 1. The van der Waals surface area contributed by atoms with Crippen molar-refractivity contribution in [2.24, 2.45) is 7.05 Å². The molecular weight excluding hydrogens is 716 g/mol. The Bertz CT molecular complexity index is 2430. The maximum absolute atomic E-state index is 17.7. The molecule has 0 aliphatic carbocycles. The van der Waals surface area contributed by atoms with Crippen LogP contribution in [0.15, 0.2) is 30.5 Å². The topological polar surface area (TPSA) is 99.9 Å². The first kappa shape index (κ1) is 34.5. The number of carbonyl (C=O) groups excluding carboxylic acids is 1. The smallest absolute Gasteiger partial charge is 0.471 e. The fourth-order valence-electron chi connectivity index (χ4n) is 9.42. The maximum Gasteiger partial charge on any atom is 0.471 e. The van der Waals surface area contributed by atoms with Gasteiger partial charge in [-0.05, 0) is 61.4 Å². The van der Waals surface area contributed by atoms with Gasteiger partial charge in [-0.25, -0.2) is 13.2 Å². The van der Waals surface area contributed by atoms with Gasteiger partial charge in [-0.1, -0.05) is 12.0 Å². The largest absolute Gasteiger partial charge is 0.508 e. The number of terminal acetylenes is 1. The number of benzene rings is 3. The van der Waals surface area contributed by atoms with Gasteiger partial charge in [0, 0.05) is 67.7 Å². The molecule has 0 unspecified atom stereocenters. The number of aromatic nitrogens is 4. The third-order valence-electron chi connectivity index (χ3n) is 11.6. The normalized spacial score (nSPS) is 24.2. The van der Waals surface area contributed by atoms with Crippen LogP contribution in [0.4, 0.5) is 32.2 Å². The van der Waals surface area contributed by atoms with E-state index in [-0.39, 0.29) is 88.7 Å². The number of phenols is 1. The van der Waals surface area contributed by atoms with E-state index in [1.54, 1.807) is 13.2 Å². The molecule has 280 valence electrons. The predicted octanol–water partition coefficient (Wildman–Crippen LogP) is 6.00. The van der Waals surface area contributed by atoms with Crippen LogP contribution in [0, 0.1) is 24.0 Å². The van der Waals surface area contributed by atoms with Gasteiger partial charge in [0.15, 0.2) is 5.82 Å². The lowest BCUT2D eigenvalue weighted by Crippen LogP contribution is -2.58. The molecule has 5 aromatic rings. The highest BCUT2D eigenvalue weighted by Gasteiger charge is 2.51. The lowest BCUT2D eigenvalue weighted by molar-refractivity contribution is -0.186. The molecule has 0 radical (unpaired) electrons. The van der Waals surface area contributed by atoms with Crippen molar-refractivity contribution in [1.29, 1.82) is 0 Å². The number of halogens is 6. The number of nitrogens with zero attached hydrogens (tertiary/aromatic N) is 7. The van der Waals surface area contributed by atoms with E-state index in [9.17, 15) is 27.5 Å². The van der Waals surface area contributed by atoms with E-state index in [0.29, 0.717) is 36.6 Å². The number of fused-ring (bicyclic) bond motifs is 7. The van der Waals surface area contributed by atoms with Crippen LogP contribution in [-0.4, -0.2) is 103 Å². The van der Waals surface area contributed by atoms with Gasteiger partial charge < -0.3 is 19.6 Å². The number of rotatable bonds is 5. The first-order chi connectivity index (χ1) is 25.8. The van der Waals surface area contributed by atoms with Gasteiger partial charge in [-0.15, -0.1) is 6.42 Å². The number of likely N-dealkylation sites (tertiary alicyclic amines) is 1. The Morgan fingerprint density at radius 1 is 1.09 bits per heavy atom. The number of piperazine rings is 1. The van der Waals surface area contributed by atoms with Crippen molar-refractivity contribution < 1.29 is 41.0 Å². The average Bonchev–Trinajstić information content (AvgIpc) is 3.85. The molecule has 54 heavy (non-hydrogen) atoms. The minimum atomic E-state index is -5.05. The Hall–Kier alpha value is -5.30. The Kier molecular flexibility index (Phi) is 7.73. The lowest BCUT2D eigenvalue weighted by Gasteiger charge is -2.42. The van der Waals surface area contributed by atoms with Crippen LogP contribution in [-0.2, 0) is 11.8 Å². The van der Waals surface area contributed by atoms with Gasteiger partial charge in [0.25, 0.3) is 0 Å². The van der Waals surface area contributed by atoms with Gasteiger partial charge in [-0.3, -0.25) is 14.4 Å². The standard InChI is InChI=1S/C38H33F6N7O3/c1-3-24-27(40)8-5-19-11-23(52)12-25(28(19)24)29-31(41)33-30(26-17-48(2)47-32(26)29)34(51-21-6-7-22(51)16-49(15-21)35(53)38(42,43)44)46-36(45-33)54-18-37-9-4-10-50(37)14-20(39)13-37/h1,5,8,11-12,17,20-22,52H,4,6-7,9-10,13-16,18H2,2H3/t20-,21-,22+,37+/m1/s1. The van der Waals surface area contributed by atoms with E-state index in [1.807, 2.05) is 9.80 Å². The number of carbonyl (C=O) groups is 1. The Morgan fingerprint density at radius 3 is 2.57 bits per heavy atom. The van der Waals surface area contributed by atoms with E-state index in [4.69, 9.17) is 16.1 Å². The number of hydrogen-bond acceptors (Lipinski definition) is 8. The molecule has 1 amide bonds. The van der Waals surface area contributed by atoms with Crippen LogP contribution in [0.25, 0.3) is 43.7 Å². The zero-order valence-electron chi connectivity index (χ0n) is 28.9. The molecule has 4 aliphatic heterocycles. The molecule has 6 heterocycles. The maximum atomic E-state index is 17.7. The quantitative estimate of drug-likeness (QED) is 0.173. The SMILES string of the molecule is C#Cc1c(F)ccc2cc(O)cc(-c3c(F)c4nc(OC[C@@]56CCCN5C[C@H](F)C6)nc(N5[C@@H]6CC[C@H]5CN(C(=O)C(F)(F)F)C6)c4c4cn(C)nc34)c12. The zero-order valence-corrected chi connectivity index (χ0v) is 28.9. The van der Waals surface area contributed by atoms with Crippen LogP contribution >= 0.6 is 0 Å². The second kappa shape index (κ2) is 12.1. The summed E-state index contributed by atoms with van der Waals surface area (Å²) in [5, 5.41) is 16.5. The average molecular weight is 750 g/mol. The van der Waals surface area contributed by atoms with Crippen LogP contribution in [0.3, 0.4) is 0 Å². The number of amides is 1. The van der Waals surface area contributed by atoms with Gasteiger partial charge >= 0.3 is 18.1 Å². The number of anilines is 1. The number of alkyl halides is 4. The summed E-state index contributed by atoms with van der Waals surface area (Å²) in [6.07, 6.45) is 3.96. The van der Waals surface area contributed by atoms with E-state index < -0.39 is 47.5 Å². The third-order valence-corrected chi connectivity index (χ3v) is 11.6. The van der Waals surface area contributed by atoms with Gasteiger partial charge in [0.1, 0.15) is 41.2 Å². The molecule has 2 aromatic heterocycles. The van der Waals surface area contributed by atoms with Crippen molar-refractivity contribution in [2.75, 3.05) is 37.7 Å². The van der Waals surface area contributed by atoms with Crippen molar-refractivity contribution in [2.45, 2.75) is 62.1 Å². The molecule has 4 fully saturated rings. The first-order valence-electron chi connectivity index (χ1n) is 17.7. The predicted molar refractivity (Wildman–Crippen MR) is 187 cm³/mol. The highest BCUT2D eigenvalue weighted by atomic mass is 19.4. The molecule has 0 spiro atoms. The fourth-order valence-corrected chi connectivity index (χ4v) is 9.42. The van der Waals surface area contributed by atoms with Gasteiger partial charge in [-0.2, -0.15) is 28.2 Å². The van der Waals surface area contributed by atoms with Crippen LogP contribution in [0.5, 0.6) is 11.8 Å². The summed E-state index contributed by atoms with van der Waals surface area (Å²) >= 11 is 0. The molecular formula is C38H33F6N7O3. The number of aromatic hydroxyl groups is 1. The van der Waals surface area contributed by atoms with Gasteiger partial charge in [0.2, 0.25) is 0 Å². The second-order valence-electron chi connectivity index (χ2n) is 14.8. The molecule has 9 rings (SSSR count). The van der Waals surface area contributed by atoms with E-state index >= 15 is 8.78 Å². The Morgan fingerprint density at radius 2 is 1.85 bits per heavy atom. The molecule has 16 heteroatoms. The number of hydrogen-bond donors (Lipinski definition) is 1.